The molecule has 1 atom stereocenters. The van der Waals surface area contributed by atoms with Gasteiger partial charge >= 0.3 is 0 Å². The Kier molecular flexibility index (Phi) is 5.93. The van der Waals surface area contributed by atoms with Crippen LogP contribution in [0.3, 0.4) is 0 Å². The van der Waals surface area contributed by atoms with Crippen LogP contribution in [-0.4, -0.2) is 47.3 Å². The number of nitrogens with one attached hydrogen (secondary N) is 1. The lowest BCUT2D eigenvalue weighted by Gasteiger charge is -2.32. The van der Waals surface area contributed by atoms with E-state index in [1.54, 1.807) is 17.2 Å². The molecule has 2 aliphatic rings. The van der Waals surface area contributed by atoms with Crippen molar-refractivity contribution in [3.63, 3.8) is 0 Å². The van der Waals surface area contributed by atoms with Crippen molar-refractivity contribution in [2.45, 2.75) is 32.1 Å². The van der Waals surface area contributed by atoms with E-state index in [9.17, 15) is 14.4 Å². The Balaban J connectivity index is 1.32. The van der Waals surface area contributed by atoms with Gasteiger partial charge in [-0.05, 0) is 31.4 Å². The zero-order valence-electron chi connectivity index (χ0n) is 16.5. The Morgan fingerprint density at radius 2 is 2.13 bits per heavy atom. The highest BCUT2D eigenvalue weighted by Gasteiger charge is 2.25. The maximum Gasteiger partial charge on any atom is 0.230 e. The van der Waals surface area contributed by atoms with Crippen LogP contribution >= 0.6 is 11.3 Å². The van der Waals surface area contributed by atoms with Crippen molar-refractivity contribution in [2.75, 3.05) is 34.8 Å². The lowest BCUT2D eigenvalue weighted by molar-refractivity contribution is -0.122. The second-order valence-corrected chi connectivity index (χ2v) is 8.42. The first-order chi connectivity index (χ1) is 14.5. The molecule has 3 N–H and O–H groups in total. The Labute approximate surface area is 178 Å². The number of nitrogens with two attached hydrogens (primary N) is 1. The smallest absolute Gasteiger partial charge is 0.230 e. The normalized spacial score (nSPS) is 19.2. The zero-order valence-corrected chi connectivity index (χ0v) is 17.4. The number of carbonyl (C=O) groups excluding carboxylic acids is 3. The highest BCUT2D eigenvalue weighted by atomic mass is 32.1. The third kappa shape index (κ3) is 4.59. The molecule has 0 spiro atoms. The number of pyridine rings is 1. The molecular formula is C20H24N6O3S. The van der Waals surface area contributed by atoms with Crippen molar-refractivity contribution in [3.05, 3.63) is 29.4 Å². The van der Waals surface area contributed by atoms with E-state index in [4.69, 9.17) is 5.73 Å². The first kappa shape index (κ1) is 20.3. The van der Waals surface area contributed by atoms with E-state index in [0.29, 0.717) is 36.0 Å². The molecule has 0 bridgehead atoms. The van der Waals surface area contributed by atoms with Crippen LogP contribution in [0.25, 0.3) is 0 Å². The van der Waals surface area contributed by atoms with E-state index < -0.39 is 0 Å². The number of rotatable bonds is 6. The van der Waals surface area contributed by atoms with Crippen LogP contribution in [0.1, 0.15) is 31.4 Å². The van der Waals surface area contributed by atoms with Crippen LogP contribution in [0.5, 0.6) is 0 Å². The first-order valence-electron chi connectivity index (χ1n) is 10.0. The summed E-state index contributed by atoms with van der Waals surface area (Å²) < 4.78 is 0. The number of hydrogen-bond donors (Lipinski definition) is 2. The van der Waals surface area contributed by atoms with Crippen LogP contribution in [0, 0.1) is 5.92 Å². The zero-order chi connectivity index (χ0) is 21.1. The number of aromatic nitrogens is 2. The molecule has 2 aromatic rings. The maximum atomic E-state index is 12.4. The number of primary amides is 1. The number of piperidine rings is 1. The van der Waals surface area contributed by atoms with Crippen LogP contribution in [0.15, 0.2) is 23.7 Å². The van der Waals surface area contributed by atoms with E-state index in [1.807, 2.05) is 16.3 Å². The molecule has 9 nitrogen and oxygen atoms in total. The van der Waals surface area contributed by atoms with Gasteiger partial charge in [0.15, 0.2) is 5.13 Å². The fourth-order valence-electron chi connectivity index (χ4n) is 3.79. The first-order valence-corrected chi connectivity index (χ1v) is 10.9. The second kappa shape index (κ2) is 8.78. The van der Waals surface area contributed by atoms with Crippen LogP contribution in [0.2, 0.25) is 0 Å². The number of amides is 3. The van der Waals surface area contributed by atoms with Crippen LogP contribution in [0.4, 0.5) is 16.6 Å². The highest BCUT2D eigenvalue weighted by molar-refractivity contribution is 7.14. The van der Waals surface area contributed by atoms with Gasteiger partial charge in [0.1, 0.15) is 5.82 Å². The molecule has 4 heterocycles. The van der Waals surface area contributed by atoms with Gasteiger partial charge in [0.05, 0.1) is 29.9 Å². The highest BCUT2D eigenvalue weighted by Crippen LogP contribution is 2.26. The van der Waals surface area contributed by atoms with Gasteiger partial charge in [-0.3, -0.25) is 19.3 Å². The number of hydrogen-bond acceptors (Lipinski definition) is 7. The molecule has 10 heteroatoms. The SMILES string of the molecule is NC(=O)C1CCCN(c2ccc(NC(=O)Cc3csc(N4CCCC4=O)n3)cn2)C1. The third-order valence-corrected chi connectivity index (χ3v) is 6.28. The maximum absolute atomic E-state index is 12.4. The lowest BCUT2D eigenvalue weighted by Crippen LogP contribution is -2.41. The molecular weight excluding hydrogens is 404 g/mol. The van der Waals surface area contributed by atoms with Crippen molar-refractivity contribution in [1.29, 1.82) is 0 Å². The minimum atomic E-state index is -0.275. The summed E-state index contributed by atoms with van der Waals surface area (Å²) in [6, 6.07) is 3.63. The molecule has 2 aliphatic heterocycles. The number of carbonyl (C=O) groups is 3. The Bertz CT molecular complexity index is 944. The summed E-state index contributed by atoms with van der Waals surface area (Å²) in [5.41, 5.74) is 6.67. The second-order valence-electron chi connectivity index (χ2n) is 7.59. The summed E-state index contributed by atoms with van der Waals surface area (Å²) in [6.07, 6.45) is 4.84. The summed E-state index contributed by atoms with van der Waals surface area (Å²) in [5.74, 6) is 0.225. The molecule has 2 aromatic heterocycles. The summed E-state index contributed by atoms with van der Waals surface area (Å²) >= 11 is 1.38. The Morgan fingerprint density at radius 3 is 2.83 bits per heavy atom. The minimum absolute atomic E-state index is 0.0855. The fraction of sp³-hybridized carbons (Fsp3) is 0.450. The van der Waals surface area contributed by atoms with Gasteiger partial charge in [-0.25, -0.2) is 9.97 Å². The van der Waals surface area contributed by atoms with Gasteiger partial charge in [0, 0.05) is 31.4 Å². The van der Waals surface area contributed by atoms with E-state index in [-0.39, 0.29) is 30.1 Å². The van der Waals surface area contributed by atoms with Crippen molar-refractivity contribution >= 4 is 45.7 Å². The molecule has 0 aliphatic carbocycles. The largest absolute Gasteiger partial charge is 0.369 e. The van der Waals surface area contributed by atoms with Crippen molar-refractivity contribution < 1.29 is 14.4 Å². The van der Waals surface area contributed by atoms with Gasteiger partial charge in [-0.2, -0.15) is 0 Å². The van der Waals surface area contributed by atoms with E-state index in [2.05, 4.69) is 15.3 Å². The topological polar surface area (TPSA) is 122 Å². The predicted octanol–water partition coefficient (Wildman–Crippen LogP) is 1.55. The summed E-state index contributed by atoms with van der Waals surface area (Å²) in [5, 5.41) is 5.29. The number of anilines is 3. The van der Waals surface area contributed by atoms with Gasteiger partial charge in [-0.1, -0.05) is 0 Å². The van der Waals surface area contributed by atoms with Gasteiger partial charge in [0.25, 0.3) is 0 Å². The Hall–Kier alpha value is -3.01. The molecule has 0 radical (unpaired) electrons. The van der Waals surface area contributed by atoms with Crippen molar-refractivity contribution in [3.8, 4) is 0 Å². The average molecular weight is 429 g/mol. The summed E-state index contributed by atoms with van der Waals surface area (Å²) in [6.45, 7) is 2.08. The molecule has 1 unspecified atom stereocenters. The van der Waals surface area contributed by atoms with Gasteiger partial charge < -0.3 is 16.0 Å². The minimum Gasteiger partial charge on any atom is -0.369 e. The molecule has 158 valence electrons. The molecule has 2 saturated heterocycles. The lowest BCUT2D eigenvalue weighted by atomic mass is 9.97. The molecule has 0 saturated carbocycles. The Morgan fingerprint density at radius 1 is 1.27 bits per heavy atom. The number of thiazole rings is 1. The van der Waals surface area contributed by atoms with Crippen LogP contribution < -0.4 is 20.9 Å². The fourth-order valence-corrected chi connectivity index (χ4v) is 4.65. The number of nitrogens with zero attached hydrogens (tertiary/aromatic N) is 4. The van der Waals surface area contributed by atoms with Crippen LogP contribution in [-0.2, 0) is 20.8 Å². The molecule has 30 heavy (non-hydrogen) atoms. The average Bonchev–Trinajstić information content (AvgIpc) is 3.37. The van der Waals surface area contributed by atoms with Gasteiger partial charge in [-0.15, -0.1) is 11.3 Å². The van der Waals surface area contributed by atoms with Crippen molar-refractivity contribution in [1.82, 2.24) is 9.97 Å². The monoisotopic (exact) mass is 428 g/mol. The quantitative estimate of drug-likeness (QED) is 0.720. The third-order valence-electron chi connectivity index (χ3n) is 5.36. The molecule has 3 amide bonds. The van der Waals surface area contributed by atoms with E-state index in [0.717, 1.165) is 31.6 Å². The summed E-state index contributed by atoms with van der Waals surface area (Å²) in [7, 11) is 0. The van der Waals surface area contributed by atoms with E-state index >= 15 is 0 Å². The summed E-state index contributed by atoms with van der Waals surface area (Å²) in [4.78, 5) is 48.2. The molecule has 2 fully saturated rings. The standard InChI is InChI=1S/C20H24N6O3S/c21-19(29)13-3-1-7-25(11-13)16-6-5-14(10-22-16)23-17(27)9-15-12-30-20(24-15)26-8-2-4-18(26)28/h5-6,10,12-13H,1-4,7-9,11H2,(H2,21,29)(H,23,27). The predicted molar refractivity (Wildman–Crippen MR) is 114 cm³/mol. The van der Waals surface area contributed by atoms with Crippen molar-refractivity contribution in [2.24, 2.45) is 11.7 Å². The molecule has 0 aromatic carbocycles. The van der Waals surface area contributed by atoms with Gasteiger partial charge in [0.2, 0.25) is 17.7 Å². The molecule has 4 rings (SSSR count). The van der Waals surface area contributed by atoms with E-state index in [1.165, 1.54) is 11.3 Å².